The van der Waals surface area contributed by atoms with Gasteiger partial charge >= 0.3 is 0 Å². The van der Waals surface area contributed by atoms with Crippen molar-refractivity contribution < 1.29 is 9.53 Å². The second kappa shape index (κ2) is 9.36. The Morgan fingerprint density at radius 2 is 2.06 bits per heavy atom. The van der Waals surface area contributed by atoms with Crippen molar-refractivity contribution in [3.8, 4) is 0 Å². The third-order valence-corrected chi connectivity index (χ3v) is 7.41. The van der Waals surface area contributed by atoms with E-state index in [9.17, 15) is 4.79 Å². The number of pyridine rings is 1. The number of aromatic nitrogens is 1. The van der Waals surface area contributed by atoms with Gasteiger partial charge in [-0.25, -0.2) is 0 Å². The molecule has 0 aliphatic carbocycles. The van der Waals surface area contributed by atoms with Crippen LogP contribution in [0.4, 0.5) is 0 Å². The van der Waals surface area contributed by atoms with Gasteiger partial charge in [-0.1, -0.05) is 42.5 Å². The summed E-state index contributed by atoms with van der Waals surface area (Å²) >= 11 is 1.60. The normalized spacial score (nSPS) is 16.7. The topological polar surface area (TPSA) is 54.5 Å². The van der Waals surface area contributed by atoms with Gasteiger partial charge in [-0.05, 0) is 41.6 Å². The van der Waals surface area contributed by atoms with Crippen LogP contribution in [-0.2, 0) is 11.3 Å². The van der Waals surface area contributed by atoms with Gasteiger partial charge in [0.1, 0.15) is 0 Å². The number of ether oxygens (including phenoxy) is 1. The van der Waals surface area contributed by atoms with Crippen molar-refractivity contribution in [2.45, 2.75) is 18.9 Å². The first-order valence-electron chi connectivity index (χ1n) is 11.1. The molecule has 1 atom stereocenters. The number of fused-ring (bicyclic) bond motifs is 2. The molecule has 5 rings (SSSR count). The molecule has 4 aromatic rings. The summed E-state index contributed by atoms with van der Waals surface area (Å²) in [5.41, 5.74) is 3.55. The van der Waals surface area contributed by atoms with Gasteiger partial charge in [0.25, 0.3) is 5.91 Å². The van der Waals surface area contributed by atoms with Crippen LogP contribution in [0.2, 0.25) is 0 Å². The fraction of sp³-hybridized carbons (Fsp3) is 0.308. The molecule has 164 valence electrons. The van der Waals surface area contributed by atoms with Crippen LogP contribution < -0.4 is 5.32 Å². The van der Waals surface area contributed by atoms with E-state index < -0.39 is 0 Å². The van der Waals surface area contributed by atoms with Gasteiger partial charge in [-0.2, -0.15) is 0 Å². The summed E-state index contributed by atoms with van der Waals surface area (Å²) in [5.74, 6) is 0.354. The number of methoxy groups -OCH3 is 1. The van der Waals surface area contributed by atoms with Gasteiger partial charge in [-0.3, -0.25) is 14.7 Å². The van der Waals surface area contributed by atoms with E-state index in [-0.39, 0.29) is 5.91 Å². The van der Waals surface area contributed by atoms with E-state index in [1.165, 1.54) is 26.6 Å². The summed E-state index contributed by atoms with van der Waals surface area (Å²) < 4.78 is 6.27. The third-order valence-electron chi connectivity index (χ3n) is 6.22. The molecule has 1 fully saturated rings. The highest BCUT2D eigenvalue weighted by Crippen LogP contribution is 2.40. The Labute approximate surface area is 192 Å². The third kappa shape index (κ3) is 4.13. The molecule has 1 N–H and O–H groups in total. The highest BCUT2D eigenvalue weighted by Gasteiger charge is 2.30. The number of likely N-dealkylation sites (tertiary alicyclic amines) is 1. The Bertz CT molecular complexity index is 1250. The minimum Gasteiger partial charge on any atom is -0.383 e. The van der Waals surface area contributed by atoms with E-state index in [4.69, 9.17) is 4.74 Å². The van der Waals surface area contributed by atoms with Gasteiger partial charge in [0.2, 0.25) is 0 Å². The Hall–Kier alpha value is -2.80. The van der Waals surface area contributed by atoms with Crippen LogP contribution in [0.25, 0.3) is 21.0 Å². The van der Waals surface area contributed by atoms with Gasteiger partial charge in [0.15, 0.2) is 0 Å². The SMILES string of the molecule is COCCNC(=O)c1sc2ccccc2c1[C@H]1CCN(Cc2cccc3cccnc23)C1. The number of benzene rings is 2. The van der Waals surface area contributed by atoms with Crippen LogP contribution in [-0.4, -0.2) is 49.1 Å². The van der Waals surface area contributed by atoms with Crippen LogP contribution >= 0.6 is 11.3 Å². The van der Waals surface area contributed by atoms with Crippen LogP contribution in [0, 0.1) is 0 Å². The number of para-hydroxylation sites is 1. The molecule has 32 heavy (non-hydrogen) atoms. The van der Waals surface area contributed by atoms with Crippen LogP contribution in [0.5, 0.6) is 0 Å². The number of carbonyl (C=O) groups is 1. The molecule has 1 aliphatic rings. The van der Waals surface area contributed by atoms with E-state index in [1.54, 1.807) is 18.4 Å². The summed E-state index contributed by atoms with van der Waals surface area (Å²) in [6.45, 7) is 3.88. The fourth-order valence-electron chi connectivity index (χ4n) is 4.73. The lowest BCUT2D eigenvalue weighted by atomic mass is 9.95. The molecule has 2 aromatic carbocycles. The highest BCUT2D eigenvalue weighted by molar-refractivity contribution is 7.21. The first-order chi connectivity index (χ1) is 15.7. The fourth-order valence-corrected chi connectivity index (χ4v) is 5.94. The zero-order valence-electron chi connectivity index (χ0n) is 18.2. The number of amides is 1. The zero-order chi connectivity index (χ0) is 21.9. The second-order valence-electron chi connectivity index (χ2n) is 8.30. The maximum absolute atomic E-state index is 13.0. The van der Waals surface area contributed by atoms with Gasteiger partial charge in [0.05, 0.1) is 17.0 Å². The molecular weight excluding hydrogens is 418 g/mol. The van der Waals surface area contributed by atoms with Gasteiger partial charge in [-0.15, -0.1) is 11.3 Å². The molecule has 1 saturated heterocycles. The molecule has 0 spiro atoms. The van der Waals surface area contributed by atoms with Crippen LogP contribution in [0.1, 0.15) is 33.1 Å². The van der Waals surface area contributed by atoms with E-state index in [0.29, 0.717) is 19.1 Å². The molecule has 0 saturated carbocycles. The summed E-state index contributed by atoms with van der Waals surface area (Å²) in [7, 11) is 1.65. The van der Waals surface area contributed by atoms with Crippen molar-refractivity contribution in [2.75, 3.05) is 33.4 Å². The Morgan fingerprint density at radius 3 is 2.97 bits per heavy atom. The molecular formula is C26H27N3O2S. The van der Waals surface area contributed by atoms with Crippen molar-refractivity contribution in [1.82, 2.24) is 15.2 Å². The van der Waals surface area contributed by atoms with E-state index in [1.807, 2.05) is 18.3 Å². The predicted molar refractivity (Wildman–Crippen MR) is 130 cm³/mol. The number of carbonyl (C=O) groups excluding carboxylic acids is 1. The maximum atomic E-state index is 13.0. The van der Waals surface area contributed by atoms with Gasteiger partial charge < -0.3 is 10.1 Å². The molecule has 6 heteroatoms. The molecule has 5 nitrogen and oxygen atoms in total. The lowest BCUT2D eigenvalue weighted by Crippen LogP contribution is -2.27. The van der Waals surface area contributed by atoms with E-state index in [2.05, 4.69) is 57.7 Å². The molecule has 1 amide bonds. The van der Waals surface area contributed by atoms with Crippen molar-refractivity contribution in [2.24, 2.45) is 0 Å². The van der Waals surface area contributed by atoms with Gasteiger partial charge in [0, 0.05) is 48.9 Å². The van der Waals surface area contributed by atoms with Crippen molar-refractivity contribution in [3.05, 3.63) is 76.8 Å². The number of hydrogen-bond donors (Lipinski definition) is 1. The van der Waals surface area contributed by atoms with E-state index in [0.717, 1.165) is 36.4 Å². The summed E-state index contributed by atoms with van der Waals surface area (Å²) in [6.07, 6.45) is 2.92. The number of hydrogen-bond acceptors (Lipinski definition) is 5. The van der Waals surface area contributed by atoms with Crippen molar-refractivity contribution in [1.29, 1.82) is 0 Å². The minimum absolute atomic E-state index is 0.00922. The second-order valence-corrected chi connectivity index (χ2v) is 9.35. The smallest absolute Gasteiger partial charge is 0.261 e. The Morgan fingerprint density at radius 1 is 1.19 bits per heavy atom. The summed E-state index contributed by atoms with van der Waals surface area (Å²) in [4.78, 5) is 21.0. The average molecular weight is 446 g/mol. The summed E-state index contributed by atoms with van der Waals surface area (Å²) in [6, 6.07) is 18.9. The Balaban J connectivity index is 1.40. The lowest BCUT2D eigenvalue weighted by molar-refractivity contribution is 0.0940. The first-order valence-corrected chi connectivity index (χ1v) is 11.9. The molecule has 0 unspecified atom stereocenters. The molecule has 0 bridgehead atoms. The summed E-state index contributed by atoms with van der Waals surface area (Å²) in [5, 5.41) is 5.42. The maximum Gasteiger partial charge on any atom is 0.261 e. The molecule has 1 aliphatic heterocycles. The zero-order valence-corrected chi connectivity index (χ0v) is 19.0. The lowest BCUT2D eigenvalue weighted by Gasteiger charge is -2.18. The van der Waals surface area contributed by atoms with E-state index >= 15 is 0 Å². The average Bonchev–Trinajstić information content (AvgIpc) is 3.44. The highest BCUT2D eigenvalue weighted by atomic mass is 32.1. The number of nitrogens with one attached hydrogen (secondary N) is 1. The Kier molecular flexibility index (Phi) is 6.17. The predicted octanol–water partition coefficient (Wildman–Crippen LogP) is 4.82. The minimum atomic E-state index is 0.00922. The number of rotatable bonds is 7. The van der Waals surface area contributed by atoms with Crippen LogP contribution in [0.3, 0.4) is 0 Å². The van der Waals surface area contributed by atoms with Crippen LogP contribution in [0.15, 0.2) is 60.8 Å². The van der Waals surface area contributed by atoms with Crippen molar-refractivity contribution in [3.63, 3.8) is 0 Å². The number of nitrogens with zero attached hydrogens (tertiary/aromatic N) is 2. The first kappa shape index (κ1) is 21.1. The quantitative estimate of drug-likeness (QED) is 0.415. The monoisotopic (exact) mass is 445 g/mol. The largest absolute Gasteiger partial charge is 0.383 e. The molecule has 3 heterocycles. The molecule has 0 radical (unpaired) electrons. The van der Waals surface area contributed by atoms with Crippen molar-refractivity contribution >= 4 is 38.2 Å². The number of thiophene rings is 1. The standard InChI is InChI=1S/C26H27N3O2S/c1-31-15-13-28-26(30)25-23(21-9-2-3-10-22(21)32-25)19-11-14-29(16-19)17-20-7-4-6-18-8-5-12-27-24(18)20/h2-10,12,19H,11,13-17H2,1H3,(H,28,30)/t19-/m0/s1. The molecule has 2 aromatic heterocycles.